The topological polar surface area (TPSA) is 60.2 Å². The third kappa shape index (κ3) is 2.44. The summed E-state index contributed by atoms with van der Waals surface area (Å²) in [7, 11) is -3.63. The maximum absolute atomic E-state index is 11.3. The number of hydrogen-bond acceptors (Lipinski definition) is 2. The molecule has 94 valence electrons. The normalized spacial score (nSPS) is 11.5. The lowest BCUT2D eigenvalue weighted by Gasteiger charge is -2.10. The van der Waals surface area contributed by atoms with Gasteiger partial charge in [0.1, 0.15) is 0 Å². The van der Waals surface area contributed by atoms with Crippen LogP contribution in [0.1, 0.15) is 11.1 Å². The van der Waals surface area contributed by atoms with E-state index in [0.29, 0.717) is 0 Å². The van der Waals surface area contributed by atoms with E-state index in [9.17, 15) is 8.42 Å². The van der Waals surface area contributed by atoms with E-state index in [1.165, 1.54) is 0 Å². The van der Waals surface area contributed by atoms with Crippen LogP contribution in [0, 0.1) is 13.8 Å². The monoisotopic (exact) mass is 261 g/mol. The molecule has 0 unspecified atom stereocenters. The number of hydrogen-bond donors (Lipinski definition) is 1. The highest BCUT2D eigenvalue weighted by Crippen LogP contribution is 2.27. The van der Waals surface area contributed by atoms with Crippen LogP contribution >= 0.6 is 0 Å². The Morgan fingerprint density at radius 1 is 0.889 bits per heavy atom. The van der Waals surface area contributed by atoms with Gasteiger partial charge in [-0.2, -0.15) is 0 Å². The number of aryl methyl sites for hydroxylation is 2. The van der Waals surface area contributed by atoms with Crippen molar-refractivity contribution in [2.75, 3.05) is 0 Å². The molecule has 0 aliphatic rings. The first-order valence-corrected chi connectivity index (χ1v) is 7.13. The van der Waals surface area contributed by atoms with Crippen molar-refractivity contribution < 1.29 is 8.42 Å². The second kappa shape index (κ2) is 4.55. The van der Waals surface area contributed by atoms with E-state index in [4.69, 9.17) is 5.14 Å². The van der Waals surface area contributed by atoms with Gasteiger partial charge in [0.05, 0.1) is 4.90 Å². The van der Waals surface area contributed by atoms with E-state index in [0.717, 1.165) is 22.3 Å². The predicted octanol–water partition coefficient (Wildman–Crippen LogP) is 2.62. The van der Waals surface area contributed by atoms with Crippen molar-refractivity contribution in [1.82, 2.24) is 0 Å². The summed E-state index contributed by atoms with van der Waals surface area (Å²) < 4.78 is 22.6. The summed E-state index contributed by atoms with van der Waals surface area (Å²) in [6, 6.07) is 13.0. The Balaban J connectivity index is 2.59. The molecule has 3 nitrogen and oxygen atoms in total. The van der Waals surface area contributed by atoms with Crippen LogP contribution in [0.4, 0.5) is 0 Å². The first kappa shape index (κ1) is 12.8. The number of primary sulfonamides is 1. The maximum atomic E-state index is 11.3. The average molecular weight is 261 g/mol. The number of sulfonamides is 1. The van der Waals surface area contributed by atoms with Crippen molar-refractivity contribution in [3.8, 4) is 11.1 Å². The van der Waals surface area contributed by atoms with Crippen molar-refractivity contribution in [3.63, 3.8) is 0 Å². The molecule has 2 aromatic rings. The largest absolute Gasteiger partial charge is 0.238 e. The molecule has 0 amide bonds. The molecular formula is C14H15NO2S. The fourth-order valence-electron chi connectivity index (χ4n) is 1.99. The molecule has 2 aromatic carbocycles. The Morgan fingerprint density at radius 3 is 2.06 bits per heavy atom. The zero-order valence-electron chi connectivity index (χ0n) is 10.3. The van der Waals surface area contributed by atoms with Crippen molar-refractivity contribution >= 4 is 10.0 Å². The lowest BCUT2D eigenvalue weighted by Crippen LogP contribution is -2.12. The lowest BCUT2D eigenvalue weighted by atomic mass is 9.97. The Labute approximate surface area is 107 Å². The molecule has 0 heterocycles. The highest BCUT2D eigenvalue weighted by Gasteiger charge is 2.11. The molecule has 2 rings (SSSR count). The van der Waals surface area contributed by atoms with Crippen LogP contribution in [-0.2, 0) is 10.0 Å². The second-order valence-corrected chi connectivity index (χ2v) is 5.90. The smallest absolute Gasteiger partial charge is 0.225 e. The second-order valence-electron chi connectivity index (χ2n) is 4.34. The summed E-state index contributed by atoms with van der Waals surface area (Å²) in [6.45, 7) is 3.92. The Hall–Kier alpha value is -1.65. The molecule has 0 saturated heterocycles. The van der Waals surface area contributed by atoms with Gasteiger partial charge in [-0.05, 0) is 48.2 Å². The van der Waals surface area contributed by atoms with Crippen LogP contribution in [0.25, 0.3) is 11.1 Å². The molecule has 0 aliphatic heterocycles. The lowest BCUT2D eigenvalue weighted by molar-refractivity contribution is 0.597. The van der Waals surface area contributed by atoms with Gasteiger partial charge in [0, 0.05) is 0 Å². The number of benzene rings is 2. The Kier molecular flexibility index (Phi) is 3.24. The number of nitrogens with two attached hydrogens (primary N) is 1. The number of rotatable bonds is 2. The highest BCUT2D eigenvalue weighted by molar-refractivity contribution is 7.89. The van der Waals surface area contributed by atoms with E-state index < -0.39 is 10.0 Å². The Morgan fingerprint density at radius 2 is 1.50 bits per heavy atom. The van der Waals surface area contributed by atoms with Gasteiger partial charge in [-0.1, -0.05) is 30.3 Å². The predicted molar refractivity (Wildman–Crippen MR) is 72.7 cm³/mol. The van der Waals surface area contributed by atoms with E-state index in [1.807, 2.05) is 38.1 Å². The van der Waals surface area contributed by atoms with Gasteiger partial charge in [0.2, 0.25) is 10.0 Å². The molecule has 2 N–H and O–H groups in total. The zero-order chi connectivity index (χ0) is 13.3. The fourth-order valence-corrected chi connectivity index (χ4v) is 2.59. The van der Waals surface area contributed by atoms with E-state index >= 15 is 0 Å². The van der Waals surface area contributed by atoms with E-state index in [1.54, 1.807) is 18.2 Å². The first-order chi connectivity index (χ1) is 8.39. The summed E-state index contributed by atoms with van der Waals surface area (Å²) in [5.74, 6) is 0. The fraction of sp³-hybridized carbons (Fsp3) is 0.143. The summed E-state index contributed by atoms with van der Waals surface area (Å²) in [5, 5.41) is 5.12. The van der Waals surface area contributed by atoms with Crippen LogP contribution in [-0.4, -0.2) is 8.42 Å². The van der Waals surface area contributed by atoms with Crippen molar-refractivity contribution in [1.29, 1.82) is 0 Å². The van der Waals surface area contributed by atoms with Crippen molar-refractivity contribution in [2.45, 2.75) is 18.7 Å². The molecule has 0 aromatic heterocycles. The van der Waals surface area contributed by atoms with E-state index in [-0.39, 0.29) is 4.90 Å². The van der Waals surface area contributed by atoms with Gasteiger partial charge in [-0.25, -0.2) is 13.6 Å². The highest BCUT2D eigenvalue weighted by atomic mass is 32.2. The van der Waals surface area contributed by atoms with Crippen LogP contribution in [0.2, 0.25) is 0 Å². The maximum Gasteiger partial charge on any atom is 0.238 e. The first-order valence-electron chi connectivity index (χ1n) is 5.59. The van der Waals surface area contributed by atoms with Gasteiger partial charge in [-0.15, -0.1) is 0 Å². The third-order valence-corrected chi connectivity index (χ3v) is 3.87. The average Bonchev–Trinajstić information content (AvgIpc) is 2.29. The Bertz CT molecular complexity index is 691. The van der Waals surface area contributed by atoms with E-state index in [2.05, 4.69) is 0 Å². The summed E-state index contributed by atoms with van der Waals surface area (Å²) in [6.07, 6.45) is 0. The SMILES string of the molecule is Cc1ccccc1-c1ccc(S(N)(=O)=O)cc1C. The van der Waals surface area contributed by atoms with Crippen LogP contribution in [0.5, 0.6) is 0 Å². The summed E-state index contributed by atoms with van der Waals surface area (Å²) >= 11 is 0. The van der Waals surface area contributed by atoms with Crippen LogP contribution in [0.15, 0.2) is 47.4 Å². The summed E-state index contributed by atoms with van der Waals surface area (Å²) in [5.41, 5.74) is 4.19. The molecule has 0 fully saturated rings. The van der Waals surface area contributed by atoms with Crippen molar-refractivity contribution in [2.24, 2.45) is 5.14 Å². The minimum absolute atomic E-state index is 0.150. The molecule has 0 aliphatic carbocycles. The molecule has 0 saturated carbocycles. The van der Waals surface area contributed by atoms with Gasteiger partial charge in [-0.3, -0.25) is 0 Å². The molecule has 0 atom stereocenters. The molecule has 18 heavy (non-hydrogen) atoms. The van der Waals surface area contributed by atoms with Gasteiger partial charge in [0.15, 0.2) is 0 Å². The third-order valence-electron chi connectivity index (χ3n) is 2.96. The van der Waals surface area contributed by atoms with Gasteiger partial charge < -0.3 is 0 Å². The zero-order valence-corrected chi connectivity index (χ0v) is 11.2. The van der Waals surface area contributed by atoms with Crippen LogP contribution < -0.4 is 5.14 Å². The minimum atomic E-state index is -3.63. The molecule has 0 radical (unpaired) electrons. The molecular weight excluding hydrogens is 246 g/mol. The van der Waals surface area contributed by atoms with Gasteiger partial charge in [0.25, 0.3) is 0 Å². The van der Waals surface area contributed by atoms with Gasteiger partial charge >= 0.3 is 0 Å². The molecule has 4 heteroatoms. The summed E-state index contributed by atoms with van der Waals surface area (Å²) in [4.78, 5) is 0.150. The minimum Gasteiger partial charge on any atom is -0.225 e. The molecule has 0 spiro atoms. The van der Waals surface area contributed by atoms with Crippen molar-refractivity contribution in [3.05, 3.63) is 53.6 Å². The van der Waals surface area contributed by atoms with Crippen LogP contribution in [0.3, 0.4) is 0 Å². The standard InChI is InChI=1S/C14H15NO2S/c1-10-5-3-4-6-13(10)14-8-7-12(9-11(14)2)18(15,16)17/h3-9H,1-2H3,(H2,15,16,17). The quantitative estimate of drug-likeness (QED) is 0.903. The molecule has 0 bridgehead atoms.